The molecule has 2 heterocycles. The highest BCUT2D eigenvalue weighted by Gasteiger charge is 2.15. The normalized spacial score (nSPS) is 13.3. The Labute approximate surface area is 131 Å². The van der Waals surface area contributed by atoms with Crippen LogP contribution in [0.5, 0.6) is 5.75 Å². The number of rotatable bonds is 3. The second-order valence-electron chi connectivity index (χ2n) is 5.69. The molecule has 0 amide bonds. The standard InChI is InChI=1S/C16H17BrN2O2/c1-9(2)7-12-14(17)16(20)19-15(18-12)11-3-4-13-10(8-11)5-6-21-13/h3-4,8-9H,5-7H2,1-2H3,(H,18,19,20). The van der Waals surface area contributed by atoms with Crippen LogP contribution in [0.3, 0.4) is 0 Å². The van der Waals surface area contributed by atoms with E-state index in [1.807, 2.05) is 18.2 Å². The Morgan fingerprint density at radius 1 is 1.43 bits per heavy atom. The fourth-order valence-corrected chi connectivity index (χ4v) is 2.85. The highest BCUT2D eigenvalue weighted by Crippen LogP contribution is 2.29. The molecule has 110 valence electrons. The first-order valence-corrected chi connectivity index (χ1v) is 7.88. The number of benzene rings is 1. The average Bonchev–Trinajstić information content (AvgIpc) is 2.90. The smallest absolute Gasteiger partial charge is 0.265 e. The van der Waals surface area contributed by atoms with Gasteiger partial charge in [0.05, 0.1) is 12.3 Å². The van der Waals surface area contributed by atoms with Crippen molar-refractivity contribution in [2.24, 2.45) is 5.92 Å². The molecule has 1 aromatic heterocycles. The van der Waals surface area contributed by atoms with Crippen LogP contribution in [0.15, 0.2) is 27.5 Å². The van der Waals surface area contributed by atoms with Crippen LogP contribution in [-0.4, -0.2) is 16.6 Å². The molecule has 0 fully saturated rings. The van der Waals surface area contributed by atoms with Crippen LogP contribution >= 0.6 is 15.9 Å². The number of halogens is 1. The lowest BCUT2D eigenvalue weighted by atomic mass is 10.1. The Morgan fingerprint density at radius 2 is 2.24 bits per heavy atom. The van der Waals surface area contributed by atoms with Gasteiger partial charge in [0, 0.05) is 12.0 Å². The average molecular weight is 349 g/mol. The van der Waals surface area contributed by atoms with Crippen molar-refractivity contribution in [1.82, 2.24) is 9.97 Å². The molecule has 0 bridgehead atoms. The monoisotopic (exact) mass is 348 g/mol. The molecule has 1 aliphatic heterocycles. The van der Waals surface area contributed by atoms with Crippen molar-refractivity contribution in [2.75, 3.05) is 6.61 Å². The highest BCUT2D eigenvalue weighted by atomic mass is 79.9. The summed E-state index contributed by atoms with van der Waals surface area (Å²) in [6, 6.07) is 5.94. The van der Waals surface area contributed by atoms with Crippen molar-refractivity contribution >= 4 is 15.9 Å². The molecular formula is C16H17BrN2O2. The van der Waals surface area contributed by atoms with E-state index in [1.165, 1.54) is 5.56 Å². The molecule has 0 aliphatic carbocycles. The summed E-state index contributed by atoms with van der Waals surface area (Å²) in [4.78, 5) is 19.6. The van der Waals surface area contributed by atoms with Crippen LogP contribution in [0.4, 0.5) is 0 Å². The molecule has 3 rings (SSSR count). The van der Waals surface area contributed by atoms with Gasteiger partial charge >= 0.3 is 0 Å². The molecule has 4 nitrogen and oxygen atoms in total. The lowest BCUT2D eigenvalue weighted by Crippen LogP contribution is -2.15. The van der Waals surface area contributed by atoms with Crippen LogP contribution in [0.2, 0.25) is 0 Å². The third kappa shape index (κ3) is 2.88. The maximum absolute atomic E-state index is 12.1. The van der Waals surface area contributed by atoms with Gasteiger partial charge in [0.1, 0.15) is 16.0 Å². The summed E-state index contributed by atoms with van der Waals surface area (Å²) >= 11 is 3.34. The van der Waals surface area contributed by atoms with Gasteiger partial charge in [-0.1, -0.05) is 13.8 Å². The minimum Gasteiger partial charge on any atom is -0.493 e. The zero-order valence-corrected chi connectivity index (χ0v) is 13.7. The fourth-order valence-electron chi connectivity index (χ4n) is 2.50. The second-order valence-corrected chi connectivity index (χ2v) is 6.49. The summed E-state index contributed by atoms with van der Waals surface area (Å²) in [7, 11) is 0. The van der Waals surface area contributed by atoms with E-state index in [2.05, 4.69) is 39.7 Å². The van der Waals surface area contributed by atoms with Gasteiger partial charge in [-0.2, -0.15) is 0 Å². The largest absolute Gasteiger partial charge is 0.493 e. The van der Waals surface area contributed by atoms with Crippen LogP contribution in [0.1, 0.15) is 25.1 Å². The van der Waals surface area contributed by atoms with Crippen molar-refractivity contribution in [1.29, 1.82) is 0 Å². The van der Waals surface area contributed by atoms with E-state index in [-0.39, 0.29) is 5.56 Å². The van der Waals surface area contributed by atoms with Gasteiger partial charge in [0.25, 0.3) is 5.56 Å². The van der Waals surface area contributed by atoms with Crippen LogP contribution < -0.4 is 10.3 Å². The number of aromatic nitrogens is 2. The number of nitrogens with zero attached hydrogens (tertiary/aromatic N) is 1. The minimum absolute atomic E-state index is 0.132. The van der Waals surface area contributed by atoms with Gasteiger partial charge in [-0.3, -0.25) is 4.79 Å². The zero-order chi connectivity index (χ0) is 15.0. The number of aromatic amines is 1. The van der Waals surface area contributed by atoms with Crippen LogP contribution in [-0.2, 0) is 12.8 Å². The molecule has 1 N–H and O–H groups in total. The van der Waals surface area contributed by atoms with Crippen molar-refractivity contribution < 1.29 is 4.74 Å². The first kappa shape index (κ1) is 14.3. The Hall–Kier alpha value is -1.62. The third-order valence-electron chi connectivity index (χ3n) is 3.50. The molecule has 0 unspecified atom stereocenters. The molecule has 0 spiro atoms. The van der Waals surface area contributed by atoms with Gasteiger partial charge in [-0.15, -0.1) is 0 Å². The first-order valence-electron chi connectivity index (χ1n) is 7.09. The third-order valence-corrected chi connectivity index (χ3v) is 4.31. The summed E-state index contributed by atoms with van der Waals surface area (Å²) in [5.74, 6) is 1.99. The summed E-state index contributed by atoms with van der Waals surface area (Å²) in [6.07, 6.45) is 1.67. The topological polar surface area (TPSA) is 55.0 Å². The van der Waals surface area contributed by atoms with Gasteiger partial charge in [-0.25, -0.2) is 4.98 Å². The number of fused-ring (bicyclic) bond motifs is 1. The SMILES string of the molecule is CC(C)Cc1nc(-c2ccc3c(c2)CCO3)[nH]c(=O)c1Br. The van der Waals surface area contributed by atoms with Gasteiger partial charge in [-0.05, 0) is 52.0 Å². The van der Waals surface area contributed by atoms with E-state index in [0.717, 1.165) is 36.5 Å². The van der Waals surface area contributed by atoms with E-state index in [0.29, 0.717) is 16.2 Å². The van der Waals surface area contributed by atoms with Gasteiger partial charge in [0.2, 0.25) is 0 Å². The van der Waals surface area contributed by atoms with Crippen molar-refractivity contribution in [3.8, 4) is 17.1 Å². The number of hydrogen-bond acceptors (Lipinski definition) is 3. The molecule has 0 atom stereocenters. The minimum atomic E-state index is -0.132. The molecule has 1 aliphatic rings. The Bertz CT molecular complexity index is 738. The molecular weight excluding hydrogens is 332 g/mol. The zero-order valence-electron chi connectivity index (χ0n) is 12.1. The molecule has 2 aromatic rings. The molecule has 0 radical (unpaired) electrons. The maximum Gasteiger partial charge on any atom is 0.265 e. The Kier molecular flexibility index (Phi) is 3.85. The number of hydrogen-bond donors (Lipinski definition) is 1. The Morgan fingerprint density at radius 3 is 3.00 bits per heavy atom. The maximum atomic E-state index is 12.1. The second kappa shape index (κ2) is 5.64. The van der Waals surface area contributed by atoms with Crippen LogP contribution in [0.25, 0.3) is 11.4 Å². The van der Waals surface area contributed by atoms with Gasteiger partial charge < -0.3 is 9.72 Å². The number of nitrogens with one attached hydrogen (secondary N) is 1. The predicted octanol–water partition coefficient (Wildman–Crippen LogP) is 3.33. The van der Waals surface area contributed by atoms with E-state index in [1.54, 1.807) is 0 Å². The Balaban J connectivity index is 2.06. The molecule has 0 saturated heterocycles. The lowest BCUT2D eigenvalue weighted by molar-refractivity contribution is 0.357. The first-order chi connectivity index (χ1) is 10.0. The molecule has 0 saturated carbocycles. The van der Waals surface area contributed by atoms with Gasteiger partial charge in [0.15, 0.2) is 0 Å². The number of ether oxygens (including phenoxy) is 1. The highest BCUT2D eigenvalue weighted by molar-refractivity contribution is 9.10. The molecule has 5 heteroatoms. The quantitative estimate of drug-likeness (QED) is 0.925. The van der Waals surface area contributed by atoms with E-state index in [9.17, 15) is 4.79 Å². The van der Waals surface area contributed by atoms with Crippen molar-refractivity contribution in [2.45, 2.75) is 26.7 Å². The number of H-pyrrole nitrogens is 1. The van der Waals surface area contributed by atoms with E-state index >= 15 is 0 Å². The summed E-state index contributed by atoms with van der Waals surface area (Å²) in [6.45, 7) is 4.95. The summed E-state index contributed by atoms with van der Waals surface area (Å²) in [5.41, 5.74) is 2.77. The fraction of sp³-hybridized carbons (Fsp3) is 0.375. The van der Waals surface area contributed by atoms with E-state index in [4.69, 9.17) is 4.74 Å². The van der Waals surface area contributed by atoms with Crippen molar-refractivity contribution in [3.63, 3.8) is 0 Å². The van der Waals surface area contributed by atoms with E-state index < -0.39 is 0 Å². The summed E-state index contributed by atoms with van der Waals surface area (Å²) < 4.78 is 6.04. The molecule has 1 aromatic carbocycles. The van der Waals surface area contributed by atoms with Crippen molar-refractivity contribution in [3.05, 3.63) is 44.3 Å². The van der Waals surface area contributed by atoms with Crippen LogP contribution in [0, 0.1) is 5.92 Å². The molecule has 21 heavy (non-hydrogen) atoms. The summed E-state index contributed by atoms with van der Waals surface area (Å²) in [5, 5.41) is 0. The lowest BCUT2D eigenvalue weighted by Gasteiger charge is -2.09. The predicted molar refractivity (Wildman–Crippen MR) is 85.7 cm³/mol.